The summed E-state index contributed by atoms with van der Waals surface area (Å²) in [7, 11) is 5.77. The second-order valence-corrected chi connectivity index (χ2v) is 8.12. The van der Waals surface area contributed by atoms with Crippen molar-refractivity contribution in [1.29, 1.82) is 0 Å². The first kappa shape index (κ1) is 20.8. The van der Waals surface area contributed by atoms with Gasteiger partial charge in [-0.3, -0.25) is 9.89 Å². The van der Waals surface area contributed by atoms with Crippen LogP contribution in [0.15, 0.2) is 28.6 Å². The number of thiazole rings is 1. The van der Waals surface area contributed by atoms with E-state index in [1.165, 1.54) is 6.07 Å². The van der Waals surface area contributed by atoms with Gasteiger partial charge in [0.1, 0.15) is 5.82 Å². The molecule has 1 aliphatic heterocycles. The molecule has 0 atom stereocenters. The Morgan fingerprint density at radius 2 is 2.07 bits per heavy atom. The van der Waals surface area contributed by atoms with Gasteiger partial charge in [0.2, 0.25) is 0 Å². The number of halogens is 2. The predicted octanol–water partition coefficient (Wildman–Crippen LogP) is 2.89. The molecular formula is C19H26ClFN6S. The number of aromatic nitrogens is 1. The number of piperazine rings is 1. The molecule has 0 unspecified atom stereocenters. The summed E-state index contributed by atoms with van der Waals surface area (Å²) in [5.41, 5.74) is 1.57. The highest BCUT2D eigenvalue weighted by atomic mass is 35.5. The van der Waals surface area contributed by atoms with Crippen LogP contribution in [0.3, 0.4) is 0 Å². The molecule has 0 radical (unpaired) electrons. The van der Waals surface area contributed by atoms with Crippen molar-refractivity contribution in [2.45, 2.75) is 13.1 Å². The molecule has 6 nitrogen and oxygen atoms in total. The van der Waals surface area contributed by atoms with Gasteiger partial charge >= 0.3 is 0 Å². The van der Waals surface area contributed by atoms with Gasteiger partial charge in [-0.15, -0.1) is 11.3 Å². The molecular weight excluding hydrogens is 399 g/mol. The summed E-state index contributed by atoms with van der Waals surface area (Å²) in [6.07, 6.45) is 0. The second-order valence-electron chi connectivity index (χ2n) is 6.88. The van der Waals surface area contributed by atoms with E-state index in [1.807, 2.05) is 19.0 Å². The molecule has 1 N–H and O–H groups in total. The predicted molar refractivity (Wildman–Crippen MR) is 115 cm³/mol. The van der Waals surface area contributed by atoms with Gasteiger partial charge in [-0.1, -0.05) is 17.7 Å². The molecule has 1 saturated heterocycles. The first-order valence-electron chi connectivity index (χ1n) is 9.20. The molecule has 28 heavy (non-hydrogen) atoms. The van der Waals surface area contributed by atoms with Crippen LogP contribution >= 0.6 is 22.9 Å². The first-order valence-corrected chi connectivity index (χ1v) is 10.5. The normalized spacial score (nSPS) is 15.8. The maximum Gasteiger partial charge on any atom is 0.194 e. The lowest BCUT2D eigenvalue weighted by molar-refractivity contribution is 0.171. The van der Waals surface area contributed by atoms with Crippen LogP contribution in [0.2, 0.25) is 5.02 Å². The average Bonchev–Trinajstić information content (AvgIpc) is 3.16. The number of anilines is 1. The molecule has 3 rings (SSSR count). The van der Waals surface area contributed by atoms with E-state index in [2.05, 4.69) is 30.5 Å². The Hall–Kier alpha value is -1.90. The van der Waals surface area contributed by atoms with E-state index < -0.39 is 0 Å². The number of nitrogens with one attached hydrogen (secondary N) is 1. The Kier molecular flexibility index (Phi) is 7.09. The minimum atomic E-state index is -0.243. The molecule has 0 saturated carbocycles. The van der Waals surface area contributed by atoms with Gasteiger partial charge in [-0.2, -0.15) is 0 Å². The van der Waals surface area contributed by atoms with Crippen LogP contribution in [-0.4, -0.2) is 68.1 Å². The minimum Gasteiger partial charge on any atom is -0.354 e. The summed E-state index contributed by atoms with van der Waals surface area (Å²) in [6.45, 7) is 4.47. The van der Waals surface area contributed by atoms with Crippen LogP contribution in [0, 0.1) is 5.82 Å². The number of benzene rings is 1. The van der Waals surface area contributed by atoms with Crippen LogP contribution < -0.4 is 10.2 Å². The fraction of sp³-hybridized carbons (Fsp3) is 0.474. The Bertz CT molecular complexity index is 796. The number of hydrogen-bond acceptors (Lipinski definition) is 5. The quantitative estimate of drug-likeness (QED) is 0.590. The molecule has 2 heterocycles. The summed E-state index contributed by atoms with van der Waals surface area (Å²) in [5.74, 6) is 0.621. The van der Waals surface area contributed by atoms with Crippen LogP contribution in [0.1, 0.15) is 11.3 Å². The number of nitrogens with zero attached hydrogens (tertiary/aromatic N) is 5. The van der Waals surface area contributed by atoms with Crippen LogP contribution in [-0.2, 0) is 13.1 Å². The molecule has 0 amide bonds. The van der Waals surface area contributed by atoms with E-state index in [1.54, 1.807) is 30.5 Å². The van der Waals surface area contributed by atoms with Crippen molar-refractivity contribution in [2.24, 2.45) is 4.99 Å². The molecule has 1 aliphatic rings. The highest BCUT2D eigenvalue weighted by Crippen LogP contribution is 2.21. The largest absolute Gasteiger partial charge is 0.354 e. The van der Waals surface area contributed by atoms with E-state index in [-0.39, 0.29) is 5.82 Å². The molecule has 1 fully saturated rings. The van der Waals surface area contributed by atoms with Gasteiger partial charge in [0, 0.05) is 69.8 Å². The summed E-state index contributed by atoms with van der Waals surface area (Å²) in [4.78, 5) is 15.4. The van der Waals surface area contributed by atoms with Crippen LogP contribution in [0.5, 0.6) is 0 Å². The van der Waals surface area contributed by atoms with E-state index in [0.29, 0.717) is 23.7 Å². The van der Waals surface area contributed by atoms with Crippen LogP contribution in [0.25, 0.3) is 0 Å². The van der Waals surface area contributed by atoms with Crippen molar-refractivity contribution in [2.75, 3.05) is 52.2 Å². The Morgan fingerprint density at radius 3 is 2.68 bits per heavy atom. The molecule has 1 aromatic heterocycles. The van der Waals surface area contributed by atoms with Crippen molar-refractivity contribution in [3.05, 3.63) is 45.7 Å². The molecule has 0 spiro atoms. The van der Waals surface area contributed by atoms with Crippen molar-refractivity contribution < 1.29 is 4.39 Å². The highest BCUT2D eigenvalue weighted by Gasteiger charge is 2.21. The maximum atomic E-state index is 14.0. The average molecular weight is 425 g/mol. The smallest absolute Gasteiger partial charge is 0.194 e. The van der Waals surface area contributed by atoms with E-state index in [9.17, 15) is 4.39 Å². The van der Waals surface area contributed by atoms with Crippen molar-refractivity contribution in [3.8, 4) is 0 Å². The third kappa shape index (κ3) is 5.12. The number of aliphatic imine (C=N–C) groups is 1. The Morgan fingerprint density at radius 1 is 1.32 bits per heavy atom. The third-order valence-corrected chi connectivity index (χ3v) is 6.09. The van der Waals surface area contributed by atoms with Gasteiger partial charge in [0.15, 0.2) is 11.1 Å². The first-order chi connectivity index (χ1) is 13.5. The lowest BCUT2D eigenvalue weighted by Gasteiger charge is -2.36. The van der Waals surface area contributed by atoms with Gasteiger partial charge in [0.25, 0.3) is 0 Å². The third-order valence-electron chi connectivity index (χ3n) is 4.68. The van der Waals surface area contributed by atoms with Gasteiger partial charge in [-0.25, -0.2) is 9.37 Å². The van der Waals surface area contributed by atoms with E-state index in [0.717, 1.165) is 43.0 Å². The van der Waals surface area contributed by atoms with Gasteiger partial charge in [0.05, 0.1) is 12.2 Å². The molecule has 152 valence electrons. The lowest BCUT2D eigenvalue weighted by Crippen LogP contribution is -2.52. The number of rotatable bonds is 5. The molecule has 9 heteroatoms. The zero-order valence-corrected chi connectivity index (χ0v) is 18.0. The second kappa shape index (κ2) is 9.54. The fourth-order valence-corrected chi connectivity index (χ4v) is 4.09. The summed E-state index contributed by atoms with van der Waals surface area (Å²) < 4.78 is 14.0. The van der Waals surface area contributed by atoms with E-state index >= 15 is 0 Å². The summed E-state index contributed by atoms with van der Waals surface area (Å²) in [5, 5.41) is 6.93. The number of hydrogen-bond donors (Lipinski definition) is 1. The van der Waals surface area contributed by atoms with Crippen molar-refractivity contribution in [3.63, 3.8) is 0 Å². The molecule has 1 aromatic carbocycles. The monoisotopic (exact) mass is 424 g/mol. The molecule has 0 aliphatic carbocycles. The zero-order valence-electron chi connectivity index (χ0n) is 16.5. The summed E-state index contributed by atoms with van der Waals surface area (Å²) >= 11 is 7.79. The Balaban J connectivity index is 1.51. The minimum absolute atomic E-state index is 0.243. The van der Waals surface area contributed by atoms with Gasteiger partial charge in [-0.05, 0) is 12.1 Å². The van der Waals surface area contributed by atoms with Crippen LogP contribution in [0.4, 0.5) is 9.52 Å². The topological polar surface area (TPSA) is 47.0 Å². The highest BCUT2D eigenvalue weighted by molar-refractivity contribution is 7.13. The van der Waals surface area contributed by atoms with E-state index in [4.69, 9.17) is 11.6 Å². The number of guanidine groups is 1. The van der Waals surface area contributed by atoms with Crippen molar-refractivity contribution >= 4 is 34.0 Å². The lowest BCUT2D eigenvalue weighted by atomic mass is 10.2. The Labute approximate surface area is 174 Å². The molecule has 2 aromatic rings. The summed E-state index contributed by atoms with van der Waals surface area (Å²) in [6, 6.07) is 4.84. The van der Waals surface area contributed by atoms with Crippen molar-refractivity contribution in [1.82, 2.24) is 20.1 Å². The zero-order chi connectivity index (χ0) is 20.1. The molecule has 0 bridgehead atoms. The SMILES string of the molecule is CN=C(NCc1csc(N(C)C)n1)N1CCN(Cc2c(F)cccc2Cl)CC1. The van der Waals surface area contributed by atoms with Gasteiger partial charge < -0.3 is 15.1 Å². The standard InChI is InChI=1S/C19H26ClFN6S/c1-22-18(23-11-14-13-28-19(24-14)25(2)3)27-9-7-26(8-10-27)12-15-16(20)5-4-6-17(15)21/h4-6,13H,7-12H2,1-3H3,(H,22,23). The maximum absolute atomic E-state index is 14.0. The fourth-order valence-electron chi connectivity index (χ4n) is 3.11.